The Balaban J connectivity index is 0.000000203. The van der Waals surface area contributed by atoms with Crippen molar-refractivity contribution in [2.24, 2.45) is 0 Å². The second-order valence-electron chi connectivity index (χ2n) is 7.14. The molecule has 0 aliphatic carbocycles. The number of halogens is 1. The van der Waals surface area contributed by atoms with Gasteiger partial charge < -0.3 is 4.74 Å². The van der Waals surface area contributed by atoms with Gasteiger partial charge in [-0.1, -0.05) is 86.0 Å². The first-order valence-corrected chi connectivity index (χ1v) is 10.4. The van der Waals surface area contributed by atoms with Crippen molar-refractivity contribution in [3.63, 3.8) is 0 Å². The molecular formula is C26H31ClO. The number of aryl methyl sites for hydroxylation is 3. The maximum absolute atomic E-state index is 6.11. The Morgan fingerprint density at radius 2 is 1.54 bits per heavy atom. The molecule has 0 unspecified atom stereocenters. The van der Waals surface area contributed by atoms with Crippen LogP contribution in [0.25, 0.3) is 0 Å². The summed E-state index contributed by atoms with van der Waals surface area (Å²) in [6.45, 7) is 6.98. The lowest BCUT2D eigenvalue weighted by Crippen LogP contribution is -1.94. The average Bonchev–Trinajstić information content (AvgIpc) is 2.70. The van der Waals surface area contributed by atoms with Crippen LogP contribution in [-0.2, 0) is 13.0 Å². The molecule has 0 aliphatic rings. The average molecular weight is 395 g/mol. The second kappa shape index (κ2) is 12.3. The molecule has 3 rings (SSSR count). The van der Waals surface area contributed by atoms with Crippen molar-refractivity contribution in [3.8, 4) is 5.75 Å². The molecule has 0 atom stereocenters. The van der Waals surface area contributed by atoms with Gasteiger partial charge in [0.15, 0.2) is 0 Å². The molecule has 28 heavy (non-hydrogen) atoms. The van der Waals surface area contributed by atoms with Gasteiger partial charge in [-0.2, -0.15) is 0 Å². The van der Waals surface area contributed by atoms with Crippen LogP contribution < -0.4 is 4.74 Å². The fourth-order valence-electron chi connectivity index (χ4n) is 2.87. The smallest absolute Gasteiger partial charge is 0.120 e. The topological polar surface area (TPSA) is 9.23 Å². The van der Waals surface area contributed by atoms with Crippen molar-refractivity contribution < 1.29 is 4.74 Å². The maximum atomic E-state index is 6.11. The van der Waals surface area contributed by atoms with E-state index < -0.39 is 0 Å². The first kappa shape index (κ1) is 22.0. The third-order valence-electron chi connectivity index (χ3n) is 4.50. The Morgan fingerprint density at radius 3 is 2.21 bits per heavy atom. The van der Waals surface area contributed by atoms with Crippen LogP contribution in [0.3, 0.4) is 0 Å². The molecule has 0 saturated carbocycles. The van der Waals surface area contributed by atoms with Crippen molar-refractivity contribution in [1.29, 1.82) is 0 Å². The summed E-state index contributed by atoms with van der Waals surface area (Å²) < 4.78 is 5.67. The monoisotopic (exact) mass is 394 g/mol. The summed E-state index contributed by atoms with van der Waals surface area (Å²) in [4.78, 5) is 0. The lowest BCUT2D eigenvalue weighted by atomic mass is 10.1. The van der Waals surface area contributed by atoms with Gasteiger partial charge in [-0.3, -0.25) is 0 Å². The highest BCUT2D eigenvalue weighted by atomic mass is 35.5. The van der Waals surface area contributed by atoms with Gasteiger partial charge in [0.05, 0.1) is 0 Å². The molecule has 0 radical (unpaired) electrons. The van der Waals surface area contributed by atoms with Gasteiger partial charge in [0.2, 0.25) is 0 Å². The molecule has 148 valence electrons. The summed E-state index contributed by atoms with van der Waals surface area (Å²) in [6.07, 6.45) is 4.93. The van der Waals surface area contributed by atoms with Gasteiger partial charge in [0.25, 0.3) is 0 Å². The van der Waals surface area contributed by atoms with Crippen LogP contribution in [0.5, 0.6) is 5.75 Å². The minimum absolute atomic E-state index is 0.629. The fraction of sp³-hybridized carbons (Fsp3) is 0.308. The van der Waals surface area contributed by atoms with Gasteiger partial charge in [-0.15, -0.1) is 0 Å². The van der Waals surface area contributed by atoms with E-state index in [0.717, 1.165) is 17.2 Å². The highest BCUT2D eigenvalue weighted by Gasteiger charge is 1.99. The Bertz CT molecular complexity index is 827. The summed E-state index contributed by atoms with van der Waals surface area (Å²) in [5.74, 6) is 0.929. The minimum atomic E-state index is 0.629. The Kier molecular flexibility index (Phi) is 9.65. The summed E-state index contributed by atoms with van der Waals surface area (Å²) in [5, 5.41) is 0.927. The SMILES string of the molecule is CCCCCc1ccc(C)cc1Cl.Cc1cccc(OCc2ccccc2)c1. The molecule has 1 nitrogen and oxygen atoms in total. The van der Waals surface area contributed by atoms with E-state index in [1.54, 1.807) is 0 Å². The molecule has 3 aromatic carbocycles. The molecule has 0 spiro atoms. The largest absolute Gasteiger partial charge is 0.489 e. The summed E-state index contributed by atoms with van der Waals surface area (Å²) in [5.41, 5.74) is 4.95. The third-order valence-corrected chi connectivity index (χ3v) is 4.85. The Labute approximate surface area is 175 Å². The van der Waals surface area contributed by atoms with Crippen LogP contribution in [0.1, 0.15) is 48.4 Å². The van der Waals surface area contributed by atoms with E-state index in [0.29, 0.717) is 6.61 Å². The summed E-state index contributed by atoms with van der Waals surface area (Å²) in [6, 6.07) is 24.6. The summed E-state index contributed by atoms with van der Waals surface area (Å²) in [7, 11) is 0. The maximum Gasteiger partial charge on any atom is 0.120 e. The van der Waals surface area contributed by atoms with Crippen LogP contribution >= 0.6 is 11.6 Å². The number of hydrogen-bond donors (Lipinski definition) is 0. The van der Waals surface area contributed by atoms with E-state index in [4.69, 9.17) is 16.3 Å². The minimum Gasteiger partial charge on any atom is -0.489 e. The molecule has 0 heterocycles. The zero-order valence-electron chi connectivity index (χ0n) is 17.2. The molecule has 0 aliphatic heterocycles. The van der Waals surface area contributed by atoms with Gasteiger partial charge >= 0.3 is 0 Å². The number of hydrogen-bond acceptors (Lipinski definition) is 1. The second-order valence-corrected chi connectivity index (χ2v) is 7.55. The number of ether oxygens (including phenoxy) is 1. The first-order valence-electron chi connectivity index (χ1n) is 10.1. The van der Waals surface area contributed by atoms with Crippen molar-refractivity contribution in [3.05, 3.63) is 100 Å². The Hall–Kier alpha value is -2.25. The quantitative estimate of drug-likeness (QED) is 0.369. The zero-order chi connectivity index (χ0) is 20.2. The van der Waals surface area contributed by atoms with E-state index in [1.807, 2.05) is 42.5 Å². The molecule has 0 N–H and O–H groups in total. The number of rotatable bonds is 7. The lowest BCUT2D eigenvalue weighted by Gasteiger charge is -2.06. The van der Waals surface area contributed by atoms with Crippen molar-refractivity contribution in [2.75, 3.05) is 0 Å². The van der Waals surface area contributed by atoms with Gasteiger partial charge in [-0.25, -0.2) is 0 Å². The predicted octanol–water partition coefficient (Wildman–Crippen LogP) is 7.96. The molecule has 2 heteroatoms. The normalized spacial score (nSPS) is 10.1. The molecule has 0 fully saturated rings. The van der Waals surface area contributed by atoms with Crippen LogP contribution in [0, 0.1) is 13.8 Å². The van der Waals surface area contributed by atoms with Crippen molar-refractivity contribution >= 4 is 11.6 Å². The van der Waals surface area contributed by atoms with Crippen molar-refractivity contribution in [2.45, 2.75) is 53.1 Å². The van der Waals surface area contributed by atoms with Gasteiger partial charge in [0, 0.05) is 5.02 Å². The van der Waals surface area contributed by atoms with Crippen LogP contribution in [-0.4, -0.2) is 0 Å². The van der Waals surface area contributed by atoms with E-state index in [-0.39, 0.29) is 0 Å². The standard InChI is InChI=1S/C14H14O.C12H17Cl/c1-12-6-5-9-14(10-12)15-11-13-7-3-2-4-8-13;1-3-4-5-6-11-8-7-10(2)9-12(11)13/h2-10H,11H2,1H3;7-9H,3-6H2,1-2H3. The molecular weight excluding hydrogens is 364 g/mol. The summed E-state index contributed by atoms with van der Waals surface area (Å²) >= 11 is 6.11. The third kappa shape index (κ3) is 8.19. The van der Waals surface area contributed by atoms with E-state index >= 15 is 0 Å². The van der Waals surface area contributed by atoms with E-state index in [9.17, 15) is 0 Å². The highest BCUT2D eigenvalue weighted by molar-refractivity contribution is 6.31. The van der Waals surface area contributed by atoms with Crippen LogP contribution in [0.4, 0.5) is 0 Å². The lowest BCUT2D eigenvalue weighted by molar-refractivity contribution is 0.306. The number of benzene rings is 3. The molecule has 0 aromatic heterocycles. The zero-order valence-corrected chi connectivity index (χ0v) is 18.0. The van der Waals surface area contributed by atoms with Gasteiger partial charge in [-0.05, 0) is 67.1 Å². The molecule has 0 saturated heterocycles. The van der Waals surface area contributed by atoms with E-state index in [2.05, 4.69) is 51.1 Å². The molecule has 3 aromatic rings. The van der Waals surface area contributed by atoms with E-state index in [1.165, 1.54) is 41.5 Å². The Morgan fingerprint density at radius 1 is 0.786 bits per heavy atom. The predicted molar refractivity (Wildman–Crippen MR) is 121 cm³/mol. The molecule has 0 amide bonds. The van der Waals surface area contributed by atoms with Gasteiger partial charge in [0.1, 0.15) is 12.4 Å². The molecule has 0 bridgehead atoms. The van der Waals surface area contributed by atoms with Crippen LogP contribution in [0.15, 0.2) is 72.8 Å². The number of unbranched alkanes of at least 4 members (excludes halogenated alkanes) is 2. The van der Waals surface area contributed by atoms with Crippen LogP contribution in [0.2, 0.25) is 5.02 Å². The fourth-order valence-corrected chi connectivity index (χ4v) is 3.20. The first-order chi connectivity index (χ1) is 13.6. The van der Waals surface area contributed by atoms with Crippen molar-refractivity contribution in [1.82, 2.24) is 0 Å². The highest BCUT2D eigenvalue weighted by Crippen LogP contribution is 2.19.